The Balaban J connectivity index is 1.47. The molecule has 196 valence electrons. The average Bonchev–Trinajstić information content (AvgIpc) is 3.37. The highest BCUT2D eigenvalue weighted by Crippen LogP contribution is 2.32. The quantitative estimate of drug-likeness (QED) is 0.487. The number of thiocarbonyl (C=S) groups is 1. The van der Waals surface area contributed by atoms with Crippen LogP contribution in [0.2, 0.25) is 0 Å². The number of rotatable bonds is 5. The average molecular weight is 525 g/mol. The maximum atomic E-state index is 11.7. The molecule has 37 heavy (non-hydrogen) atoms. The molecule has 1 aromatic carbocycles. The lowest BCUT2D eigenvalue weighted by molar-refractivity contribution is 0.122. The lowest BCUT2D eigenvalue weighted by atomic mass is 10.1. The van der Waals surface area contributed by atoms with Crippen molar-refractivity contribution in [2.75, 3.05) is 63.3 Å². The fourth-order valence-electron chi connectivity index (χ4n) is 4.73. The van der Waals surface area contributed by atoms with Crippen molar-refractivity contribution in [3.63, 3.8) is 0 Å². The number of urea groups is 1. The van der Waals surface area contributed by atoms with Crippen LogP contribution in [0.5, 0.6) is 0 Å². The fourth-order valence-corrected chi connectivity index (χ4v) is 5.03. The molecule has 11 nitrogen and oxygen atoms in total. The number of aromatic nitrogens is 4. The molecule has 4 heterocycles. The minimum atomic E-state index is -0.267. The van der Waals surface area contributed by atoms with Gasteiger partial charge in [-0.05, 0) is 56.2 Å². The summed E-state index contributed by atoms with van der Waals surface area (Å²) in [5, 5.41) is 11.6. The summed E-state index contributed by atoms with van der Waals surface area (Å²) in [4.78, 5) is 26.0. The number of hydrogen-bond acceptors (Lipinski definition) is 8. The number of carbonyl (C=O) groups excluding carboxylic acids is 1. The van der Waals surface area contributed by atoms with Gasteiger partial charge in [0.15, 0.2) is 11.5 Å². The van der Waals surface area contributed by atoms with Crippen LogP contribution in [0.15, 0.2) is 30.5 Å². The number of morpholine rings is 1. The molecule has 0 bridgehead atoms. The van der Waals surface area contributed by atoms with Crippen LogP contribution in [0.25, 0.3) is 22.4 Å². The zero-order valence-electron chi connectivity index (χ0n) is 21.1. The minimum absolute atomic E-state index is 0.206. The summed E-state index contributed by atoms with van der Waals surface area (Å²) in [5.41, 5.74) is 2.38. The summed E-state index contributed by atoms with van der Waals surface area (Å²) in [7, 11) is 1.58. The van der Waals surface area contributed by atoms with Gasteiger partial charge in [-0.15, -0.1) is 0 Å². The first-order chi connectivity index (χ1) is 18.1. The first kappa shape index (κ1) is 25.2. The summed E-state index contributed by atoms with van der Waals surface area (Å²) in [6.45, 7) is 7.01. The van der Waals surface area contributed by atoms with Crippen LogP contribution in [0.1, 0.15) is 25.8 Å². The maximum Gasteiger partial charge on any atom is 0.318 e. The molecule has 2 saturated heterocycles. The number of likely N-dealkylation sites (tertiary alicyclic amines) is 1. The lowest BCUT2D eigenvalue weighted by Gasteiger charge is -2.33. The number of benzene rings is 1. The van der Waals surface area contributed by atoms with E-state index in [2.05, 4.69) is 20.4 Å². The highest BCUT2D eigenvalue weighted by atomic mass is 32.1. The third kappa shape index (κ3) is 5.44. The number of piperidine rings is 1. The van der Waals surface area contributed by atoms with Gasteiger partial charge < -0.3 is 29.9 Å². The summed E-state index contributed by atoms with van der Waals surface area (Å²) < 4.78 is 13.2. The van der Waals surface area contributed by atoms with E-state index in [0.717, 1.165) is 61.4 Å². The van der Waals surface area contributed by atoms with Crippen LogP contribution < -0.4 is 15.5 Å². The molecule has 2 aromatic heterocycles. The van der Waals surface area contributed by atoms with Crippen molar-refractivity contribution >= 4 is 46.0 Å². The summed E-state index contributed by atoms with van der Waals surface area (Å²) in [6.07, 6.45) is 3.68. The standard InChI is InChI=1S/C25H32N8O3S/c1-3-36-25(37)32-10-8-19(9-11-32)33-23-20(16-27-33)22(31-12-14-35-15-13-31)29-21(30-23)17-4-6-18(7-5-17)28-24(34)26-2/h4-7,16,19H,3,8-15H2,1-2H3,(H2,26,28,34). The number of amides is 2. The van der Waals surface area contributed by atoms with Gasteiger partial charge in [0.2, 0.25) is 0 Å². The van der Waals surface area contributed by atoms with Crippen molar-refractivity contribution < 1.29 is 14.3 Å². The molecule has 0 spiro atoms. The molecular formula is C25H32N8O3S. The predicted octanol–water partition coefficient (Wildman–Crippen LogP) is 3.04. The van der Waals surface area contributed by atoms with Crippen LogP contribution in [-0.4, -0.2) is 88.9 Å². The smallest absolute Gasteiger partial charge is 0.318 e. The van der Waals surface area contributed by atoms with Crippen LogP contribution in [-0.2, 0) is 9.47 Å². The molecule has 0 unspecified atom stereocenters. The molecule has 0 aliphatic carbocycles. The van der Waals surface area contributed by atoms with E-state index in [1.807, 2.05) is 42.1 Å². The molecule has 0 saturated carbocycles. The van der Waals surface area contributed by atoms with E-state index in [1.165, 1.54) is 0 Å². The summed E-state index contributed by atoms with van der Waals surface area (Å²) in [5.74, 6) is 1.49. The largest absolute Gasteiger partial charge is 0.471 e. The topological polar surface area (TPSA) is 110 Å². The van der Waals surface area contributed by atoms with Crippen LogP contribution in [0.3, 0.4) is 0 Å². The highest BCUT2D eigenvalue weighted by molar-refractivity contribution is 7.80. The van der Waals surface area contributed by atoms with E-state index in [9.17, 15) is 4.79 Å². The van der Waals surface area contributed by atoms with Crippen LogP contribution in [0, 0.1) is 0 Å². The van der Waals surface area contributed by atoms with Crippen molar-refractivity contribution in [1.29, 1.82) is 0 Å². The van der Waals surface area contributed by atoms with E-state index in [-0.39, 0.29) is 12.1 Å². The Bertz CT molecular complexity index is 1250. The number of hydrogen-bond donors (Lipinski definition) is 2. The molecule has 0 radical (unpaired) electrons. The second kappa shape index (κ2) is 11.3. The lowest BCUT2D eigenvalue weighted by Crippen LogP contribution is -2.39. The third-order valence-corrected chi connectivity index (χ3v) is 7.08. The SMILES string of the molecule is CCOC(=S)N1CCC(n2ncc3c(N4CCOCC4)nc(-c4ccc(NC(=O)NC)cc4)nc32)CC1. The molecule has 2 aliphatic heterocycles. The first-order valence-electron chi connectivity index (χ1n) is 12.7. The number of anilines is 2. The van der Waals surface area contributed by atoms with Crippen molar-refractivity contribution in [3.05, 3.63) is 30.5 Å². The second-order valence-corrected chi connectivity index (χ2v) is 9.34. The minimum Gasteiger partial charge on any atom is -0.471 e. The Morgan fingerprint density at radius 3 is 2.54 bits per heavy atom. The van der Waals surface area contributed by atoms with E-state index in [1.54, 1.807) is 7.05 Å². The van der Waals surface area contributed by atoms with Crippen molar-refractivity contribution in [1.82, 2.24) is 30.0 Å². The Kier molecular flexibility index (Phi) is 7.65. The highest BCUT2D eigenvalue weighted by Gasteiger charge is 2.27. The zero-order chi connectivity index (χ0) is 25.8. The molecule has 2 amide bonds. The number of nitrogens with one attached hydrogen (secondary N) is 2. The van der Waals surface area contributed by atoms with E-state index < -0.39 is 0 Å². The van der Waals surface area contributed by atoms with Gasteiger partial charge in [0, 0.05) is 44.5 Å². The monoisotopic (exact) mass is 524 g/mol. The van der Waals surface area contributed by atoms with E-state index in [4.69, 9.17) is 36.8 Å². The predicted molar refractivity (Wildman–Crippen MR) is 146 cm³/mol. The number of fused-ring (bicyclic) bond motifs is 1. The molecule has 5 rings (SSSR count). The zero-order valence-corrected chi connectivity index (χ0v) is 22.0. The van der Waals surface area contributed by atoms with Crippen molar-refractivity contribution in [2.24, 2.45) is 0 Å². The van der Waals surface area contributed by atoms with Crippen LogP contribution in [0.4, 0.5) is 16.3 Å². The van der Waals surface area contributed by atoms with E-state index in [0.29, 0.717) is 36.5 Å². The summed E-state index contributed by atoms with van der Waals surface area (Å²) in [6, 6.07) is 7.48. The third-order valence-electron chi connectivity index (χ3n) is 6.71. The first-order valence-corrected chi connectivity index (χ1v) is 13.1. The Morgan fingerprint density at radius 2 is 1.86 bits per heavy atom. The van der Waals surface area contributed by atoms with Crippen molar-refractivity contribution in [3.8, 4) is 11.4 Å². The molecule has 0 atom stereocenters. The fraction of sp³-hybridized carbons (Fsp3) is 0.480. The van der Waals surface area contributed by atoms with Gasteiger partial charge in [0.1, 0.15) is 5.82 Å². The molecule has 12 heteroatoms. The second-order valence-electron chi connectivity index (χ2n) is 9.00. The Hall–Kier alpha value is -3.51. The normalized spacial score (nSPS) is 16.6. The van der Waals surface area contributed by atoms with Gasteiger partial charge in [-0.3, -0.25) is 0 Å². The van der Waals surface area contributed by atoms with Crippen LogP contribution >= 0.6 is 12.2 Å². The molecule has 2 aliphatic rings. The van der Waals surface area contributed by atoms with E-state index >= 15 is 0 Å². The molecule has 2 fully saturated rings. The number of ether oxygens (including phenoxy) is 2. The van der Waals surface area contributed by atoms with Gasteiger partial charge in [0.25, 0.3) is 5.17 Å². The number of carbonyl (C=O) groups is 1. The van der Waals surface area contributed by atoms with Gasteiger partial charge in [-0.1, -0.05) is 0 Å². The van der Waals surface area contributed by atoms with Gasteiger partial charge >= 0.3 is 6.03 Å². The van der Waals surface area contributed by atoms with Crippen molar-refractivity contribution in [2.45, 2.75) is 25.8 Å². The van der Waals surface area contributed by atoms with Gasteiger partial charge in [-0.25, -0.2) is 19.4 Å². The molecular weight excluding hydrogens is 492 g/mol. The Labute approximate surface area is 221 Å². The Morgan fingerprint density at radius 1 is 1.14 bits per heavy atom. The summed E-state index contributed by atoms with van der Waals surface area (Å²) >= 11 is 5.41. The molecule has 2 N–H and O–H groups in total. The van der Waals surface area contributed by atoms with Gasteiger partial charge in [0.05, 0.1) is 37.4 Å². The van der Waals surface area contributed by atoms with Gasteiger partial charge in [-0.2, -0.15) is 5.10 Å². The molecule has 3 aromatic rings. The number of nitrogens with zero attached hydrogens (tertiary/aromatic N) is 6. The maximum absolute atomic E-state index is 11.7.